The quantitative estimate of drug-likeness (QED) is 0.792. The zero-order valence-corrected chi connectivity index (χ0v) is 14.6. The van der Waals surface area contributed by atoms with E-state index in [0.29, 0.717) is 5.56 Å². The highest BCUT2D eigenvalue weighted by Gasteiger charge is 2.31. The van der Waals surface area contributed by atoms with Gasteiger partial charge >= 0.3 is 0 Å². The lowest BCUT2D eigenvalue weighted by molar-refractivity contribution is 0.0601. The molecule has 25 heavy (non-hydrogen) atoms. The number of rotatable bonds is 3. The zero-order valence-electron chi connectivity index (χ0n) is 14.6. The van der Waals surface area contributed by atoms with Crippen LogP contribution in [0.2, 0.25) is 0 Å². The first-order valence-electron chi connectivity index (χ1n) is 8.93. The number of nitrogens with one attached hydrogen (secondary N) is 1. The predicted molar refractivity (Wildman–Crippen MR) is 96.3 cm³/mol. The number of likely N-dealkylation sites (tertiary alicyclic amines) is 1. The number of para-hydroxylation sites is 2. The van der Waals surface area contributed by atoms with E-state index >= 15 is 0 Å². The lowest BCUT2D eigenvalue weighted by atomic mass is 10.0. The molecule has 0 aliphatic carbocycles. The van der Waals surface area contributed by atoms with Gasteiger partial charge in [0, 0.05) is 18.8 Å². The number of amides is 1. The summed E-state index contributed by atoms with van der Waals surface area (Å²) in [5, 5.41) is 4.31. The molecule has 1 saturated heterocycles. The summed E-state index contributed by atoms with van der Waals surface area (Å²) < 4.78 is 1.83. The van der Waals surface area contributed by atoms with Crippen molar-refractivity contribution in [3.63, 3.8) is 0 Å². The van der Waals surface area contributed by atoms with Gasteiger partial charge in [0.15, 0.2) is 0 Å². The summed E-state index contributed by atoms with van der Waals surface area (Å²) >= 11 is 0. The number of fused-ring (bicyclic) bond motifs is 1. The van der Waals surface area contributed by atoms with Gasteiger partial charge in [-0.3, -0.25) is 9.48 Å². The third-order valence-electron chi connectivity index (χ3n) is 4.86. The Morgan fingerprint density at radius 3 is 2.88 bits per heavy atom. The molecule has 0 saturated carbocycles. The van der Waals surface area contributed by atoms with Gasteiger partial charge in [-0.1, -0.05) is 12.1 Å². The van der Waals surface area contributed by atoms with E-state index in [9.17, 15) is 4.79 Å². The highest BCUT2D eigenvalue weighted by molar-refractivity contribution is 5.94. The minimum Gasteiger partial charge on any atom is -0.340 e. The normalized spacial score (nSPS) is 18.2. The molecule has 2 aromatic heterocycles. The number of aromatic amines is 1. The number of hydrogen-bond donors (Lipinski definition) is 1. The van der Waals surface area contributed by atoms with Crippen LogP contribution in [0.1, 0.15) is 61.4 Å². The lowest BCUT2D eigenvalue weighted by Crippen LogP contribution is -2.38. The van der Waals surface area contributed by atoms with E-state index in [-0.39, 0.29) is 18.0 Å². The van der Waals surface area contributed by atoms with E-state index < -0.39 is 0 Å². The smallest absolute Gasteiger partial charge is 0.257 e. The van der Waals surface area contributed by atoms with Gasteiger partial charge in [0.2, 0.25) is 0 Å². The Labute approximate surface area is 146 Å². The molecule has 1 fully saturated rings. The molecule has 130 valence electrons. The largest absolute Gasteiger partial charge is 0.340 e. The second kappa shape index (κ2) is 6.35. The number of H-pyrrole nitrogens is 1. The van der Waals surface area contributed by atoms with E-state index in [4.69, 9.17) is 4.98 Å². The summed E-state index contributed by atoms with van der Waals surface area (Å²) in [5.74, 6) is 0.919. The third kappa shape index (κ3) is 2.92. The Balaban J connectivity index is 1.64. The fourth-order valence-corrected chi connectivity index (χ4v) is 3.49. The van der Waals surface area contributed by atoms with E-state index in [1.807, 2.05) is 40.0 Å². The molecular formula is C19H23N5O. The van der Waals surface area contributed by atoms with E-state index in [1.54, 1.807) is 6.20 Å². The molecule has 3 heterocycles. The van der Waals surface area contributed by atoms with E-state index in [0.717, 1.165) is 42.7 Å². The van der Waals surface area contributed by atoms with Crippen LogP contribution in [-0.2, 0) is 0 Å². The molecule has 6 heteroatoms. The number of piperidine rings is 1. The van der Waals surface area contributed by atoms with Crippen LogP contribution in [0.25, 0.3) is 11.0 Å². The Bertz CT molecular complexity index is 861. The number of aromatic nitrogens is 4. The maximum absolute atomic E-state index is 13.1. The van der Waals surface area contributed by atoms with Crippen molar-refractivity contribution < 1.29 is 4.79 Å². The van der Waals surface area contributed by atoms with Gasteiger partial charge in [-0.25, -0.2) is 4.98 Å². The van der Waals surface area contributed by atoms with Crippen molar-refractivity contribution in [2.45, 2.75) is 45.2 Å². The third-order valence-corrected chi connectivity index (χ3v) is 4.86. The summed E-state index contributed by atoms with van der Waals surface area (Å²) in [6, 6.07) is 8.24. The van der Waals surface area contributed by atoms with Crippen molar-refractivity contribution in [2.75, 3.05) is 6.54 Å². The number of hydrogen-bond acceptors (Lipinski definition) is 3. The second-order valence-electron chi connectivity index (χ2n) is 6.95. The fourth-order valence-electron chi connectivity index (χ4n) is 3.49. The van der Waals surface area contributed by atoms with Crippen molar-refractivity contribution in [3.8, 4) is 0 Å². The van der Waals surface area contributed by atoms with Crippen LogP contribution in [0.5, 0.6) is 0 Å². The Morgan fingerprint density at radius 1 is 1.28 bits per heavy atom. The Hall–Kier alpha value is -2.63. The van der Waals surface area contributed by atoms with Crippen molar-refractivity contribution in [3.05, 3.63) is 48.0 Å². The minimum absolute atomic E-state index is 0.00366. The molecule has 0 radical (unpaired) electrons. The molecule has 4 rings (SSSR count). The van der Waals surface area contributed by atoms with Gasteiger partial charge in [0.1, 0.15) is 5.82 Å². The van der Waals surface area contributed by atoms with Crippen LogP contribution in [0, 0.1) is 0 Å². The average molecular weight is 337 g/mol. The van der Waals surface area contributed by atoms with Crippen LogP contribution >= 0.6 is 0 Å². The number of carbonyl (C=O) groups is 1. The molecule has 1 aliphatic heterocycles. The van der Waals surface area contributed by atoms with Crippen LogP contribution in [0.15, 0.2) is 36.7 Å². The molecule has 1 amide bonds. The van der Waals surface area contributed by atoms with Crippen LogP contribution < -0.4 is 0 Å². The molecule has 1 aliphatic rings. The molecule has 1 N–H and O–H groups in total. The maximum atomic E-state index is 13.1. The molecule has 0 bridgehead atoms. The molecule has 3 aromatic rings. The Morgan fingerprint density at radius 2 is 2.12 bits per heavy atom. The number of nitrogens with zero attached hydrogens (tertiary/aromatic N) is 4. The second-order valence-corrected chi connectivity index (χ2v) is 6.95. The lowest BCUT2D eigenvalue weighted by Gasteiger charge is -2.34. The first-order chi connectivity index (χ1) is 12.1. The van der Waals surface area contributed by atoms with Gasteiger partial charge in [-0.05, 0) is 45.2 Å². The van der Waals surface area contributed by atoms with Crippen LogP contribution in [0.4, 0.5) is 0 Å². The molecular weight excluding hydrogens is 314 g/mol. The van der Waals surface area contributed by atoms with Gasteiger partial charge in [0.05, 0.1) is 28.8 Å². The van der Waals surface area contributed by atoms with Gasteiger partial charge in [-0.15, -0.1) is 0 Å². The summed E-state index contributed by atoms with van der Waals surface area (Å²) in [6.45, 7) is 4.87. The van der Waals surface area contributed by atoms with Gasteiger partial charge < -0.3 is 9.88 Å². The number of carbonyl (C=O) groups excluding carboxylic acids is 1. The van der Waals surface area contributed by atoms with E-state index in [1.165, 1.54) is 0 Å². The highest BCUT2D eigenvalue weighted by atomic mass is 16.2. The van der Waals surface area contributed by atoms with Crippen LogP contribution in [0.3, 0.4) is 0 Å². The molecule has 1 aromatic carbocycles. The summed E-state index contributed by atoms with van der Waals surface area (Å²) in [6.07, 6.45) is 6.59. The standard InChI is InChI=1S/C19H23N5O/c1-13(2)24-12-14(11-20-24)19(25)23-10-6-5-9-17(23)18-21-15-7-3-4-8-16(15)22-18/h3-4,7-8,11-13,17H,5-6,9-10H2,1-2H3,(H,21,22). The molecule has 1 atom stereocenters. The average Bonchev–Trinajstić information content (AvgIpc) is 3.28. The molecule has 1 unspecified atom stereocenters. The number of benzene rings is 1. The fraction of sp³-hybridized carbons (Fsp3) is 0.421. The monoisotopic (exact) mass is 337 g/mol. The summed E-state index contributed by atoms with van der Waals surface area (Å²) in [7, 11) is 0. The maximum Gasteiger partial charge on any atom is 0.257 e. The topological polar surface area (TPSA) is 66.8 Å². The van der Waals surface area contributed by atoms with E-state index in [2.05, 4.69) is 23.9 Å². The van der Waals surface area contributed by atoms with Crippen molar-refractivity contribution >= 4 is 16.9 Å². The summed E-state index contributed by atoms with van der Waals surface area (Å²) in [5.41, 5.74) is 2.61. The van der Waals surface area contributed by atoms with Crippen molar-refractivity contribution in [1.29, 1.82) is 0 Å². The first kappa shape index (κ1) is 15.9. The molecule has 6 nitrogen and oxygen atoms in total. The van der Waals surface area contributed by atoms with Gasteiger partial charge in [-0.2, -0.15) is 5.10 Å². The number of imidazole rings is 1. The Kier molecular flexibility index (Phi) is 4.03. The summed E-state index contributed by atoms with van der Waals surface area (Å²) in [4.78, 5) is 23.1. The van der Waals surface area contributed by atoms with Crippen molar-refractivity contribution in [2.24, 2.45) is 0 Å². The first-order valence-corrected chi connectivity index (χ1v) is 8.93. The predicted octanol–water partition coefficient (Wildman–Crippen LogP) is 3.71. The molecule has 0 spiro atoms. The highest BCUT2D eigenvalue weighted by Crippen LogP contribution is 2.31. The minimum atomic E-state index is -0.00366. The van der Waals surface area contributed by atoms with Crippen molar-refractivity contribution in [1.82, 2.24) is 24.6 Å². The van der Waals surface area contributed by atoms with Crippen LogP contribution in [-0.4, -0.2) is 37.1 Å². The SMILES string of the molecule is CC(C)n1cc(C(=O)N2CCCCC2c2nc3ccccc3[nH]2)cn1. The van der Waals surface area contributed by atoms with Gasteiger partial charge in [0.25, 0.3) is 5.91 Å². The zero-order chi connectivity index (χ0) is 17.4.